The number of carbonyl (C=O) groups is 6. The van der Waals surface area contributed by atoms with Gasteiger partial charge >= 0.3 is 23.9 Å². The molecule has 2 fully saturated rings. The third kappa shape index (κ3) is 5.59. The number of nitrogens with zero attached hydrogens (tertiary/aromatic N) is 1. The molecular formula is C19H25NO12. The zero-order chi connectivity index (χ0) is 24.4. The van der Waals surface area contributed by atoms with E-state index in [0.717, 1.165) is 34.6 Å². The van der Waals surface area contributed by atoms with Gasteiger partial charge in [-0.2, -0.15) is 0 Å². The monoisotopic (exact) mass is 459 g/mol. The van der Waals surface area contributed by atoms with Crippen LogP contribution < -0.4 is 0 Å². The molecule has 2 heterocycles. The molecule has 6 atom stereocenters. The van der Waals surface area contributed by atoms with E-state index in [-0.39, 0.29) is 0 Å². The summed E-state index contributed by atoms with van der Waals surface area (Å²) in [4.78, 5) is 72.4. The number of likely N-dealkylation sites (tertiary alicyclic amines) is 1. The summed E-state index contributed by atoms with van der Waals surface area (Å²) in [5.74, 6) is -5.16. The van der Waals surface area contributed by atoms with E-state index in [2.05, 4.69) is 0 Å². The lowest BCUT2D eigenvalue weighted by Gasteiger charge is -2.46. The Morgan fingerprint density at radius 2 is 1.44 bits per heavy atom. The minimum atomic E-state index is -2.05. The summed E-state index contributed by atoms with van der Waals surface area (Å²) in [6, 6.07) is 0. The van der Waals surface area contributed by atoms with Crippen molar-refractivity contribution in [1.29, 1.82) is 0 Å². The fourth-order valence-corrected chi connectivity index (χ4v) is 3.50. The van der Waals surface area contributed by atoms with Crippen molar-refractivity contribution in [3.05, 3.63) is 0 Å². The number of imide groups is 1. The molecule has 32 heavy (non-hydrogen) atoms. The highest BCUT2D eigenvalue weighted by Gasteiger charge is 2.59. The molecule has 2 aliphatic rings. The summed E-state index contributed by atoms with van der Waals surface area (Å²) in [5, 5.41) is 10.2. The van der Waals surface area contributed by atoms with Crippen LogP contribution in [0.4, 0.5) is 0 Å². The summed E-state index contributed by atoms with van der Waals surface area (Å²) in [5.41, 5.74) is -2.05. The van der Waals surface area contributed by atoms with E-state index in [4.69, 9.17) is 23.7 Å². The SMILES string of the molecule is CC(=O)OC[C@H]1OC(N2C(=O)C[C@](C)(O)C2=O)[C@H](OC(C)=O)[C@@H](OC(C)=O)[C@@H]1OC(C)=O. The van der Waals surface area contributed by atoms with Crippen LogP contribution in [0, 0.1) is 0 Å². The first-order valence-corrected chi connectivity index (χ1v) is 9.64. The van der Waals surface area contributed by atoms with E-state index in [1.54, 1.807) is 0 Å². The first kappa shape index (κ1) is 25.2. The molecule has 2 aliphatic heterocycles. The van der Waals surface area contributed by atoms with E-state index < -0.39 is 85.0 Å². The molecule has 0 aromatic rings. The minimum absolute atomic E-state index is 0.513. The maximum absolute atomic E-state index is 12.7. The van der Waals surface area contributed by atoms with Crippen LogP contribution in [0.5, 0.6) is 0 Å². The fourth-order valence-electron chi connectivity index (χ4n) is 3.50. The van der Waals surface area contributed by atoms with Crippen molar-refractivity contribution in [3.63, 3.8) is 0 Å². The third-order valence-corrected chi connectivity index (χ3v) is 4.66. The smallest absolute Gasteiger partial charge is 0.303 e. The van der Waals surface area contributed by atoms with E-state index in [9.17, 15) is 33.9 Å². The molecule has 1 N–H and O–H groups in total. The highest BCUT2D eigenvalue weighted by Crippen LogP contribution is 2.35. The topological polar surface area (TPSA) is 172 Å². The molecule has 0 aromatic carbocycles. The zero-order valence-electron chi connectivity index (χ0n) is 18.2. The third-order valence-electron chi connectivity index (χ3n) is 4.66. The van der Waals surface area contributed by atoms with Crippen molar-refractivity contribution in [2.75, 3.05) is 6.61 Å². The Kier molecular flexibility index (Phi) is 7.57. The zero-order valence-corrected chi connectivity index (χ0v) is 18.2. The van der Waals surface area contributed by atoms with Gasteiger partial charge in [-0.3, -0.25) is 28.8 Å². The van der Waals surface area contributed by atoms with E-state index in [1.165, 1.54) is 0 Å². The van der Waals surface area contributed by atoms with Crippen LogP contribution in [-0.2, 0) is 52.5 Å². The van der Waals surface area contributed by atoms with E-state index in [0.29, 0.717) is 4.90 Å². The van der Waals surface area contributed by atoms with Crippen LogP contribution in [0.25, 0.3) is 0 Å². The molecule has 0 radical (unpaired) electrons. The fraction of sp³-hybridized carbons (Fsp3) is 0.684. The normalized spacial score (nSPS) is 32.3. The first-order valence-electron chi connectivity index (χ1n) is 9.64. The number of hydrogen-bond acceptors (Lipinski definition) is 12. The van der Waals surface area contributed by atoms with Crippen molar-refractivity contribution in [2.24, 2.45) is 0 Å². The quantitative estimate of drug-likeness (QED) is 0.279. The predicted molar refractivity (Wildman–Crippen MR) is 99.0 cm³/mol. The number of carbonyl (C=O) groups excluding carboxylic acids is 6. The lowest BCUT2D eigenvalue weighted by Crippen LogP contribution is -2.67. The average molecular weight is 459 g/mol. The lowest BCUT2D eigenvalue weighted by atomic mass is 9.96. The number of ether oxygens (including phenoxy) is 5. The van der Waals surface area contributed by atoms with Crippen LogP contribution in [-0.4, -0.2) is 88.5 Å². The molecule has 0 bridgehead atoms. The molecule has 0 spiro atoms. The Hall–Kier alpha value is -3.06. The number of rotatable bonds is 6. The lowest BCUT2D eigenvalue weighted by molar-refractivity contribution is -0.273. The highest BCUT2D eigenvalue weighted by molar-refractivity contribution is 6.07. The molecule has 0 aliphatic carbocycles. The number of amides is 2. The van der Waals surface area contributed by atoms with Gasteiger partial charge in [0.15, 0.2) is 24.5 Å². The Balaban J connectivity index is 2.56. The Labute approximate surface area is 182 Å². The Bertz CT molecular complexity index is 821. The van der Waals surface area contributed by atoms with Crippen LogP contribution in [0.15, 0.2) is 0 Å². The number of aliphatic hydroxyl groups is 1. The van der Waals surface area contributed by atoms with Crippen molar-refractivity contribution >= 4 is 35.7 Å². The van der Waals surface area contributed by atoms with Crippen LogP contribution in [0.1, 0.15) is 41.0 Å². The van der Waals surface area contributed by atoms with Gasteiger partial charge in [-0.25, -0.2) is 4.90 Å². The van der Waals surface area contributed by atoms with E-state index in [1.807, 2.05) is 0 Å². The molecule has 1 unspecified atom stereocenters. The summed E-state index contributed by atoms with van der Waals surface area (Å²) in [6.07, 6.45) is -8.15. The Morgan fingerprint density at radius 3 is 1.88 bits per heavy atom. The van der Waals surface area contributed by atoms with Crippen molar-refractivity contribution < 1.29 is 57.6 Å². The molecule has 178 valence electrons. The maximum Gasteiger partial charge on any atom is 0.303 e. The molecule has 2 saturated heterocycles. The second-order valence-electron chi connectivity index (χ2n) is 7.61. The molecular weight excluding hydrogens is 434 g/mol. The van der Waals surface area contributed by atoms with Crippen LogP contribution in [0.2, 0.25) is 0 Å². The van der Waals surface area contributed by atoms with Crippen molar-refractivity contribution in [3.8, 4) is 0 Å². The molecule has 2 rings (SSSR count). The van der Waals surface area contributed by atoms with Crippen molar-refractivity contribution in [1.82, 2.24) is 4.90 Å². The number of esters is 4. The van der Waals surface area contributed by atoms with Gasteiger partial charge in [-0.05, 0) is 6.92 Å². The van der Waals surface area contributed by atoms with Gasteiger partial charge in [-0.15, -0.1) is 0 Å². The summed E-state index contributed by atoms with van der Waals surface area (Å²) >= 11 is 0. The molecule has 0 saturated carbocycles. The van der Waals surface area contributed by atoms with Crippen molar-refractivity contribution in [2.45, 2.75) is 77.3 Å². The average Bonchev–Trinajstić information content (AvgIpc) is 2.83. The van der Waals surface area contributed by atoms with Crippen LogP contribution >= 0.6 is 0 Å². The van der Waals surface area contributed by atoms with Gasteiger partial charge < -0.3 is 28.8 Å². The van der Waals surface area contributed by atoms with Gasteiger partial charge in [0.05, 0.1) is 6.42 Å². The van der Waals surface area contributed by atoms with Gasteiger partial charge in [0.1, 0.15) is 18.3 Å². The second kappa shape index (κ2) is 9.61. The minimum Gasteiger partial charge on any atom is -0.463 e. The molecule has 0 aromatic heterocycles. The first-order chi connectivity index (χ1) is 14.7. The number of hydrogen-bond donors (Lipinski definition) is 1. The van der Waals surface area contributed by atoms with Crippen LogP contribution in [0.3, 0.4) is 0 Å². The summed E-state index contributed by atoms with van der Waals surface area (Å²) in [7, 11) is 0. The summed E-state index contributed by atoms with van der Waals surface area (Å²) < 4.78 is 26.3. The largest absolute Gasteiger partial charge is 0.463 e. The maximum atomic E-state index is 12.7. The Morgan fingerprint density at radius 1 is 0.938 bits per heavy atom. The van der Waals surface area contributed by atoms with Gasteiger partial charge in [0.25, 0.3) is 5.91 Å². The molecule has 13 heteroatoms. The highest BCUT2D eigenvalue weighted by atomic mass is 16.7. The molecule has 2 amide bonds. The second-order valence-corrected chi connectivity index (χ2v) is 7.61. The summed E-state index contributed by atoms with van der Waals surface area (Å²) in [6.45, 7) is 4.84. The standard InChI is InChI=1S/C19H25NO12/c1-8(21)28-7-12-14(29-9(2)22)15(30-10(3)23)16(31-11(4)24)17(32-12)20-13(25)6-19(5,27)18(20)26/h12,14-17,27H,6-7H2,1-5H3/t12-,14-,15+,16-,17?,19+/m1/s1. The van der Waals surface area contributed by atoms with Gasteiger partial charge in [0.2, 0.25) is 5.91 Å². The van der Waals surface area contributed by atoms with Gasteiger partial charge in [0, 0.05) is 27.7 Å². The molecule has 13 nitrogen and oxygen atoms in total. The van der Waals surface area contributed by atoms with E-state index >= 15 is 0 Å². The van der Waals surface area contributed by atoms with Gasteiger partial charge in [-0.1, -0.05) is 0 Å². The predicted octanol–water partition coefficient (Wildman–Crippen LogP) is -1.42.